The molecule has 9 nitrogen and oxygen atoms in total. The first-order valence-electron chi connectivity index (χ1n) is 14.4. The molecule has 4 rings (SSSR count). The van der Waals surface area contributed by atoms with Gasteiger partial charge < -0.3 is 31.3 Å². The van der Waals surface area contributed by atoms with Gasteiger partial charge in [0.1, 0.15) is 17.8 Å². The second-order valence-corrected chi connectivity index (χ2v) is 10.8. The number of hydrogen-bond acceptors (Lipinski definition) is 6. The van der Waals surface area contributed by atoms with Crippen molar-refractivity contribution in [2.45, 2.75) is 69.1 Å². The molecule has 3 amide bonds. The molecule has 2 aromatic carbocycles. The van der Waals surface area contributed by atoms with E-state index in [9.17, 15) is 14.4 Å². The van der Waals surface area contributed by atoms with E-state index in [1.807, 2.05) is 54.6 Å². The van der Waals surface area contributed by atoms with Crippen molar-refractivity contribution in [3.8, 4) is 5.75 Å². The maximum atomic E-state index is 14.0. The SMILES string of the molecule is CN[C@H](Cc1ccccc1)C(=O)N[C@@H]1C(=O)N2[C@@H](CC[C@@H]1CCN)CC[C@H]2C(=O)NCCc1ccc(OC)cc1. The molecule has 5 atom stereocenters. The summed E-state index contributed by atoms with van der Waals surface area (Å²) in [5, 5.41) is 9.21. The summed E-state index contributed by atoms with van der Waals surface area (Å²) in [6.45, 7) is 0.914. The predicted molar refractivity (Wildman–Crippen MR) is 155 cm³/mol. The highest BCUT2D eigenvalue weighted by atomic mass is 16.5. The summed E-state index contributed by atoms with van der Waals surface area (Å²) in [4.78, 5) is 42.5. The van der Waals surface area contributed by atoms with Gasteiger partial charge in [-0.3, -0.25) is 14.4 Å². The summed E-state index contributed by atoms with van der Waals surface area (Å²) in [6.07, 6.45) is 4.83. The molecule has 0 radical (unpaired) electrons. The number of ether oxygens (including phenoxy) is 1. The second kappa shape index (κ2) is 14.3. The minimum absolute atomic E-state index is 0.00331. The molecule has 216 valence electrons. The van der Waals surface area contributed by atoms with E-state index in [2.05, 4.69) is 16.0 Å². The number of carbonyl (C=O) groups excluding carboxylic acids is 3. The third kappa shape index (κ3) is 7.20. The Bertz CT molecular complexity index is 1130. The van der Waals surface area contributed by atoms with E-state index >= 15 is 0 Å². The molecular weight excluding hydrogens is 506 g/mol. The highest BCUT2D eigenvalue weighted by Gasteiger charge is 2.47. The van der Waals surface area contributed by atoms with Gasteiger partial charge in [-0.05, 0) is 87.7 Å². The van der Waals surface area contributed by atoms with Crippen molar-refractivity contribution < 1.29 is 19.1 Å². The molecule has 2 fully saturated rings. The average molecular weight is 550 g/mol. The number of hydrogen-bond donors (Lipinski definition) is 4. The molecule has 5 N–H and O–H groups in total. The summed E-state index contributed by atoms with van der Waals surface area (Å²) in [5.41, 5.74) is 8.06. The fourth-order valence-electron chi connectivity index (χ4n) is 6.07. The maximum Gasteiger partial charge on any atom is 0.246 e. The van der Waals surface area contributed by atoms with Crippen LogP contribution in [0, 0.1) is 5.92 Å². The Morgan fingerprint density at radius 3 is 2.42 bits per heavy atom. The van der Waals surface area contributed by atoms with Crippen molar-refractivity contribution in [2.75, 3.05) is 27.2 Å². The van der Waals surface area contributed by atoms with Crippen LogP contribution in [0.3, 0.4) is 0 Å². The third-order valence-electron chi connectivity index (χ3n) is 8.32. The van der Waals surface area contributed by atoms with Crippen molar-refractivity contribution in [2.24, 2.45) is 11.7 Å². The lowest BCUT2D eigenvalue weighted by molar-refractivity contribution is -0.143. The van der Waals surface area contributed by atoms with Crippen LogP contribution in [-0.2, 0) is 27.2 Å². The zero-order valence-corrected chi connectivity index (χ0v) is 23.6. The lowest BCUT2D eigenvalue weighted by atomic mass is 9.90. The highest BCUT2D eigenvalue weighted by molar-refractivity contribution is 5.94. The van der Waals surface area contributed by atoms with Gasteiger partial charge in [0.25, 0.3) is 0 Å². The highest BCUT2D eigenvalue weighted by Crippen LogP contribution is 2.35. The minimum Gasteiger partial charge on any atom is -0.497 e. The summed E-state index contributed by atoms with van der Waals surface area (Å²) in [6, 6.07) is 15.8. The van der Waals surface area contributed by atoms with Crippen LogP contribution in [0.25, 0.3) is 0 Å². The maximum absolute atomic E-state index is 14.0. The summed E-state index contributed by atoms with van der Waals surface area (Å²) >= 11 is 0. The quantitative estimate of drug-likeness (QED) is 0.320. The van der Waals surface area contributed by atoms with Crippen LogP contribution in [0.4, 0.5) is 0 Å². The van der Waals surface area contributed by atoms with Gasteiger partial charge in [0.2, 0.25) is 17.7 Å². The predicted octanol–water partition coefficient (Wildman–Crippen LogP) is 1.79. The fourth-order valence-corrected chi connectivity index (χ4v) is 6.07. The molecule has 0 unspecified atom stereocenters. The summed E-state index contributed by atoms with van der Waals surface area (Å²) < 4.78 is 5.21. The van der Waals surface area contributed by atoms with E-state index in [0.717, 1.165) is 36.1 Å². The zero-order chi connectivity index (χ0) is 28.5. The Hall–Kier alpha value is -3.43. The van der Waals surface area contributed by atoms with E-state index in [4.69, 9.17) is 10.5 Å². The molecule has 0 spiro atoms. The standard InChI is InChI=1S/C31H43N5O4/c1-33-26(20-22-6-4-3-5-7-22)29(37)35-28-23(16-18-32)10-11-24-12-15-27(36(24)31(28)39)30(38)34-19-17-21-8-13-25(40-2)14-9-21/h3-9,13-14,23-24,26-28,33H,10-12,15-20,32H2,1-2H3,(H,34,38)(H,35,37)/t23-,24+,26-,27+,28+/m1/s1. The fraction of sp³-hybridized carbons (Fsp3) is 0.516. The number of amides is 3. The first-order valence-corrected chi connectivity index (χ1v) is 14.4. The second-order valence-electron chi connectivity index (χ2n) is 10.8. The third-order valence-corrected chi connectivity index (χ3v) is 8.32. The van der Waals surface area contributed by atoms with Gasteiger partial charge in [-0.15, -0.1) is 0 Å². The van der Waals surface area contributed by atoms with Crippen LogP contribution in [0.15, 0.2) is 54.6 Å². The van der Waals surface area contributed by atoms with E-state index in [0.29, 0.717) is 38.8 Å². The molecule has 0 aromatic heterocycles. The zero-order valence-electron chi connectivity index (χ0n) is 23.6. The monoisotopic (exact) mass is 549 g/mol. The number of nitrogens with zero attached hydrogens (tertiary/aromatic N) is 1. The van der Waals surface area contributed by atoms with Crippen LogP contribution >= 0.6 is 0 Å². The minimum atomic E-state index is -0.708. The summed E-state index contributed by atoms with van der Waals surface area (Å²) in [7, 11) is 3.38. The van der Waals surface area contributed by atoms with E-state index < -0.39 is 18.1 Å². The lowest BCUT2D eigenvalue weighted by Crippen LogP contribution is -2.58. The van der Waals surface area contributed by atoms with Crippen molar-refractivity contribution in [3.63, 3.8) is 0 Å². The number of rotatable bonds is 12. The van der Waals surface area contributed by atoms with Gasteiger partial charge >= 0.3 is 0 Å². The molecular formula is C31H43N5O4. The first kappa shape index (κ1) is 29.6. The number of benzene rings is 2. The van der Waals surface area contributed by atoms with Crippen LogP contribution in [-0.4, -0.2) is 74.0 Å². The molecule has 2 heterocycles. The molecule has 2 saturated heterocycles. The molecule has 2 aromatic rings. The summed E-state index contributed by atoms with van der Waals surface area (Å²) in [5.74, 6) is 0.200. The molecule has 0 aliphatic carbocycles. The van der Waals surface area contributed by atoms with Crippen LogP contribution in [0.1, 0.15) is 43.2 Å². The number of nitrogens with one attached hydrogen (secondary N) is 3. The van der Waals surface area contributed by atoms with Crippen molar-refractivity contribution >= 4 is 17.7 Å². The van der Waals surface area contributed by atoms with Crippen molar-refractivity contribution in [3.05, 3.63) is 65.7 Å². The van der Waals surface area contributed by atoms with E-state index in [1.54, 1.807) is 19.1 Å². The van der Waals surface area contributed by atoms with E-state index in [-0.39, 0.29) is 29.7 Å². The van der Waals surface area contributed by atoms with Crippen molar-refractivity contribution in [1.82, 2.24) is 20.9 Å². The van der Waals surface area contributed by atoms with Gasteiger partial charge in [-0.25, -0.2) is 0 Å². The molecule has 2 aliphatic heterocycles. The Labute approximate surface area is 237 Å². The number of fused-ring (bicyclic) bond motifs is 1. The molecule has 0 bridgehead atoms. The Morgan fingerprint density at radius 1 is 1.02 bits per heavy atom. The molecule has 2 aliphatic rings. The van der Waals surface area contributed by atoms with E-state index in [1.165, 1.54) is 0 Å². The van der Waals surface area contributed by atoms with Gasteiger partial charge in [0.15, 0.2) is 0 Å². The number of likely N-dealkylation sites (N-methyl/N-ethyl adjacent to an activating group) is 1. The van der Waals surface area contributed by atoms with Gasteiger partial charge in [0, 0.05) is 12.6 Å². The van der Waals surface area contributed by atoms with Crippen LogP contribution in [0.2, 0.25) is 0 Å². The number of methoxy groups -OCH3 is 1. The number of carbonyl (C=O) groups is 3. The Balaban J connectivity index is 1.43. The normalized spacial score (nSPS) is 23.2. The molecule has 9 heteroatoms. The Morgan fingerprint density at radius 2 is 1.75 bits per heavy atom. The first-order chi connectivity index (χ1) is 19.4. The van der Waals surface area contributed by atoms with Gasteiger partial charge in [-0.2, -0.15) is 0 Å². The largest absolute Gasteiger partial charge is 0.497 e. The average Bonchev–Trinajstić information content (AvgIpc) is 3.36. The Kier molecular flexibility index (Phi) is 10.5. The smallest absolute Gasteiger partial charge is 0.246 e. The van der Waals surface area contributed by atoms with Gasteiger partial charge in [-0.1, -0.05) is 42.5 Å². The topological polar surface area (TPSA) is 126 Å². The lowest BCUT2D eigenvalue weighted by Gasteiger charge is -2.32. The van der Waals surface area contributed by atoms with Crippen LogP contribution < -0.4 is 26.4 Å². The molecule has 0 saturated carbocycles. The molecule has 40 heavy (non-hydrogen) atoms. The van der Waals surface area contributed by atoms with Crippen LogP contribution in [0.5, 0.6) is 5.75 Å². The number of nitrogens with two attached hydrogens (primary N) is 1. The van der Waals surface area contributed by atoms with Gasteiger partial charge in [0.05, 0.1) is 13.2 Å². The van der Waals surface area contributed by atoms with Crippen molar-refractivity contribution in [1.29, 1.82) is 0 Å².